The van der Waals surface area contributed by atoms with E-state index in [9.17, 15) is 18.0 Å². The Balaban J connectivity index is 2.09. The van der Waals surface area contributed by atoms with Gasteiger partial charge in [-0.2, -0.15) is 13.2 Å². The van der Waals surface area contributed by atoms with E-state index in [4.69, 9.17) is 4.74 Å². The number of Topliss-reactive ketones (excluding diaryl/α,β-unsaturated/α-hetero) is 1. The zero-order valence-electron chi connectivity index (χ0n) is 12.2. The first-order valence-electron chi connectivity index (χ1n) is 6.68. The smallest absolute Gasteiger partial charge is 0.454 e. The van der Waals surface area contributed by atoms with Crippen molar-refractivity contribution >= 4 is 5.78 Å². The maximum Gasteiger partial charge on any atom is 0.454 e. The minimum atomic E-state index is -4.87. The highest BCUT2D eigenvalue weighted by Crippen LogP contribution is 2.26. The summed E-state index contributed by atoms with van der Waals surface area (Å²) >= 11 is 0. The van der Waals surface area contributed by atoms with E-state index in [2.05, 4.69) is 0 Å². The van der Waals surface area contributed by atoms with Gasteiger partial charge in [-0.3, -0.25) is 4.79 Å². The van der Waals surface area contributed by atoms with E-state index in [1.54, 1.807) is 0 Å². The molecule has 2 aromatic rings. The van der Waals surface area contributed by atoms with Crippen molar-refractivity contribution in [1.29, 1.82) is 0 Å². The van der Waals surface area contributed by atoms with Crippen LogP contribution in [0.4, 0.5) is 13.2 Å². The van der Waals surface area contributed by atoms with Crippen LogP contribution in [0.3, 0.4) is 0 Å². The quantitative estimate of drug-likeness (QED) is 0.770. The first-order chi connectivity index (χ1) is 10.3. The van der Waals surface area contributed by atoms with Gasteiger partial charge in [-0.1, -0.05) is 29.8 Å². The lowest BCUT2D eigenvalue weighted by Crippen LogP contribution is -2.23. The number of carbonyl (C=O) groups excluding carboxylic acids is 1. The van der Waals surface area contributed by atoms with Gasteiger partial charge in [-0.15, -0.1) is 0 Å². The summed E-state index contributed by atoms with van der Waals surface area (Å²) in [6.45, 7) is 3.74. The van der Waals surface area contributed by atoms with Crippen molar-refractivity contribution < 1.29 is 22.7 Å². The second kappa shape index (κ2) is 6.22. The summed E-state index contributed by atoms with van der Waals surface area (Å²) in [4.78, 5) is 11.2. The Hall–Kier alpha value is -2.30. The van der Waals surface area contributed by atoms with Gasteiger partial charge in [-0.25, -0.2) is 0 Å². The van der Waals surface area contributed by atoms with Crippen molar-refractivity contribution in [3.63, 3.8) is 0 Å². The number of rotatable bonds is 4. The van der Waals surface area contributed by atoms with E-state index >= 15 is 0 Å². The number of alkyl halides is 3. The van der Waals surface area contributed by atoms with Crippen LogP contribution in [-0.4, -0.2) is 12.0 Å². The molecule has 5 heteroatoms. The maximum absolute atomic E-state index is 12.4. The van der Waals surface area contributed by atoms with Crippen molar-refractivity contribution in [3.05, 3.63) is 64.7 Å². The van der Waals surface area contributed by atoms with Crippen LogP contribution in [0, 0.1) is 13.8 Å². The standard InChI is InChI=1S/C17H15F3O2/c1-11-3-5-13(6-4-11)10-22-14-7-8-15(12(2)9-14)16(21)17(18,19)20/h3-9H,10H2,1-2H3. The molecule has 0 radical (unpaired) electrons. The minimum absolute atomic E-state index is 0.240. The monoisotopic (exact) mass is 308 g/mol. The first-order valence-corrected chi connectivity index (χ1v) is 6.68. The number of ether oxygens (including phenoxy) is 1. The summed E-state index contributed by atoms with van der Waals surface area (Å²) < 4.78 is 42.9. The fourth-order valence-corrected chi connectivity index (χ4v) is 1.98. The maximum atomic E-state index is 12.4. The molecule has 0 spiro atoms. The number of ketones is 1. The van der Waals surface area contributed by atoms with Gasteiger partial charge >= 0.3 is 6.18 Å². The van der Waals surface area contributed by atoms with Crippen molar-refractivity contribution in [1.82, 2.24) is 0 Å². The van der Waals surface area contributed by atoms with E-state index in [-0.39, 0.29) is 11.1 Å². The summed E-state index contributed by atoms with van der Waals surface area (Å²) in [5, 5.41) is 0. The molecule has 0 aliphatic heterocycles. The Morgan fingerprint density at radius 2 is 1.68 bits per heavy atom. The summed E-state index contributed by atoms with van der Waals surface area (Å²) in [5.74, 6) is -1.41. The van der Waals surface area contributed by atoms with Gasteiger partial charge in [0.05, 0.1) is 0 Å². The van der Waals surface area contributed by atoms with Crippen molar-refractivity contribution in [2.45, 2.75) is 26.6 Å². The third-order valence-corrected chi connectivity index (χ3v) is 3.23. The second-order valence-electron chi connectivity index (χ2n) is 5.08. The van der Waals surface area contributed by atoms with E-state index in [1.165, 1.54) is 19.1 Å². The molecule has 0 aliphatic rings. The van der Waals surface area contributed by atoms with Gasteiger partial charge in [0.15, 0.2) is 0 Å². The lowest BCUT2D eigenvalue weighted by atomic mass is 10.0. The lowest BCUT2D eigenvalue weighted by Gasteiger charge is -2.11. The molecule has 22 heavy (non-hydrogen) atoms. The highest BCUT2D eigenvalue weighted by molar-refractivity contribution is 6.01. The van der Waals surface area contributed by atoms with Crippen molar-refractivity contribution in [3.8, 4) is 5.75 Å². The second-order valence-corrected chi connectivity index (χ2v) is 5.08. The van der Waals surface area contributed by atoms with Crippen molar-refractivity contribution in [2.75, 3.05) is 0 Å². The van der Waals surface area contributed by atoms with Gasteiger partial charge in [0, 0.05) is 5.56 Å². The highest BCUT2D eigenvalue weighted by Gasteiger charge is 2.39. The number of hydrogen-bond acceptors (Lipinski definition) is 2. The largest absolute Gasteiger partial charge is 0.489 e. The Kier molecular flexibility index (Phi) is 4.54. The molecule has 0 aromatic heterocycles. The van der Waals surface area contributed by atoms with Crippen molar-refractivity contribution in [2.24, 2.45) is 0 Å². The normalized spacial score (nSPS) is 11.3. The molecule has 0 aliphatic carbocycles. The molecule has 0 amide bonds. The van der Waals surface area contributed by atoms with Gasteiger partial charge < -0.3 is 4.74 Å². The summed E-state index contributed by atoms with van der Waals surface area (Å²) in [6, 6.07) is 11.7. The lowest BCUT2D eigenvalue weighted by molar-refractivity contribution is -0.0885. The molecule has 2 aromatic carbocycles. The van der Waals surface area contributed by atoms with Crippen LogP contribution >= 0.6 is 0 Å². The number of aryl methyl sites for hydroxylation is 2. The Morgan fingerprint density at radius 3 is 2.23 bits per heavy atom. The molecule has 0 heterocycles. The molecule has 0 atom stereocenters. The molecule has 116 valence electrons. The van der Waals surface area contributed by atoms with Gasteiger partial charge in [0.2, 0.25) is 0 Å². The van der Waals surface area contributed by atoms with Gasteiger partial charge in [0.25, 0.3) is 5.78 Å². The molecular formula is C17H15F3O2. The average Bonchev–Trinajstić information content (AvgIpc) is 2.45. The predicted octanol–water partition coefficient (Wildman–Crippen LogP) is 4.63. The highest BCUT2D eigenvalue weighted by atomic mass is 19.4. The SMILES string of the molecule is Cc1ccc(COc2ccc(C(=O)C(F)(F)F)c(C)c2)cc1. The molecule has 0 unspecified atom stereocenters. The third kappa shape index (κ3) is 3.87. The van der Waals surface area contributed by atoms with Crippen LogP contribution in [0.25, 0.3) is 0 Å². The number of halogens is 3. The van der Waals surface area contributed by atoms with E-state index < -0.39 is 12.0 Å². The molecule has 2 nitrogen and oxygen atoms in total. The fourth-order valence-electron chi connectivity index (χ4n) is 1.98. The molecule has 0 fully saturated rings. The Bertz CT molecular complexity index is 673. The van der Waals surface area contributed by atoms with Crippen LogP contribution in [0.15, 0.2) is 42.5 Å². The van der Waals surface area contributed by atoms with Gasteiger partial charge in [0.1, 0.15) is 12.4 Å². The molecule has 0 saturated carbocycles. The van der Waals surface area contributed by atoms with Crippen LogP contribution in [0.1, 0.15) is 27.0 Å². The fraction of sp³-hybridized carbons (Fsp3) is 0.235. The number of carbonyl (C=O) groups is 1. The van der Waals surface area contributed by atoms with Crippen LogP contribution in [0.2, 0.25) is 0 Å². The van der Waals surface area contributed by atoms with E-state index in [0.29, 0.717) is 12.4 Å². The zero-order chi connectivity index (χ0) is 16.3. The molecule has 0 bridgehead atoms. The number of hydrogen-bond donors (Lipinski definition) is 0. The van der Waals surface area contributed by atoms with Gasteiger partial charge in [-0.05, 0) is 43.2 Å². The third-order valence-electron chi connectivity index (χ3n) is 3.23. The molecular weight excluding hydrogens is 293 g/mol. The average molecular weight is 308 g/mol. The zero-order valence-corrected chi connectivity index (χ0v) is 12.2. The topological polar surface area (TPSA) is 26.3 Å². The van der Waals surface area contributed by atoms with E-state index in [0.717, 1.165) is 17.2 Å². The molecule has 0 N–H and O–H groups in total. The predicted molar refractivity (Wildman–Crippen MR) is 77.1 cm³/mol. The van der Waals surface area contributed by atoms with E-state index in [1.807, 2.05) is 31.2 Å². The Morgan fingerprint density at radius 1 is 1.05 bits per heavy atom. The first kappa shape index (κ1) is 16.1. The number of benzene rings is 2. The molecule has 2 rings (SSSR count). The van der Waals surface area contributed by atoms with Crippen LogP contribution in [0.5, 0.6) is 5.75 Å². The molecule has 0 saturated heterocycles. The summed E-state index contributed by atoms with van der Waals surface area (Å²) in [6.07, 6.45) is -4.87. The summed E-state index contributed by atoms with van der Waals surface area (Å²) in [7, 11) is 0. The Labute approximate surface area is 126 Å². The van der Waals surface area contributed by atoms with Crippen LogP contribution in [-0.2, 0) is 6.61 Å². The van der Waals surface area contributed by atoms with Crippen LogP contribution < -0.4 is 4.74 Å². The minimum Gasteiger partial charge on any atom is -0.489 e. The summed E-state index contributed by atoms with van der Waals surface area (Å²) in [5.41, 5.74) is 1.98.